The van der Waals surface area contributed by atoms with Crippen LogP contribution in [0.25, 0.3) is 0 Å². The lowest BCUT2D eigenvalue weighted by molar-refractivity contribution is 0.0303. The molecule has 0 unspecified atom stereocenters. The van der Waals surface area contributed by atoms with Crippen molar-refractivity contribution in [2.45, 2.75) is 18.1 Å². The Kier molecular flexibility index (Phi) is 5.12. The molecule has 8 heteroatoms. The van der Waals surface area contributed by atoms with Crippen molar-refractivity contribution in [2.75, 3.05) is 31.0 Å². The molecule has 134 valence electrons. The summed E-state index contributed by atoms with van der Waals surface area (Å²) in [5.74, 6) is -0.160. The summed E-state index contributed by atoms with van der Waals surface area (Å²) in [6, 6.07) is 6.96. The highest BCUT2D eigenvalue weighted by molar-refractivity contribution is 7.94. The zero-order chi connectivity index (χ0) is 18.0. The fourth-order valence-electron chi connectivity index (χ4n) is 2.76. The van der Waals surface area contributed by atoms with E-state index >= 15 is 0 Å². The van der Waals surface area contributed by atoms with Crippen molar-refractivity contribution in [3.05, 3.63) is 46.3 Å². The Bertz CT molecular complexity index is 864. The molecular formula is C17H20N2O4S2. The number of nitrogens with zero attached hydrogens (tertiary/aromatic N) is 1. The number of nitrogens with one attached hydrogen (secondary N) is 1. The van der Waals surface area contributed by atoms with Crippen LogP contribution in [-0.4, -0.2) is 45.5 Å². The van der Waals surface area contributed by atoms with E-state index in [2.05, 4.69) is 4.72 Å². The van der Waals surface area contributed by atoms with Crippen molar-refractivity contribution in [3.63, 3.8) is 0 Å². The smallest absolute Gasteiger partial charge is 0.271 e. The first-order chi connectivity index (χ1) is 11.8. The second-order valence-corrected chi connectivity index (χ2v) is 8.86. The van der Waals surface area contributed by atoms with Crippen molar-refractivity contribution in [1.29, 1.82) is 0 Å². The van der Waals surface area contributed by atoms with Crippen LogP contribution >= 0.6 is 11.3 Å². The largest absolute Gasteiger partial charge is 0.378 e. The van der Waals surface area contributed by atoms with E-state index in [1.807, 2.05) is 19.9 Å². The van der Waals surface area contributed by atoms with Crippen molar-refractivity contribution < 1.29 is 17.9 Å². The lowest BCUT2D eigenvalue weighted by Gasteiger charge is -2.26. The maximum absolute atomic E-state index is 12.6. The second-order valence-electron chi connectivity index (χ2n) is 6.04. The van der Waals surface area contributed by atoms with Gasteiger partial charge in [0.1, 0.15) is 4.21 Å². The Labute approximate surface area is 151 Å². The van der Waals surface area contributed by atoms with Crippen LogP contribution in [0.2, 0.25) is 0 Å². The molecule has 1 N–H and O–H groups in total. The van der Waals surface area contributed by atoms with Crippen LogP contribution in [-0.2, 0) is 14.8 Å². The number of rotatable bonds is 4. The predicted octanol–water partition coefficient (Wildman–Crippen LogP) is 2.64. The minimum Gasteiger partial charge on any atom is -0.378 e. The van der Waals surface area contributed by atoms with Crippen LogP contribution in [0.15, 0.2) is 33.9 Å². The van der Waals surface area contributed by atoms with Gasteiger partial charge in [0, 0.05) is 24.2 Å². The van der Waals surface area contributed by atoms with Crippen LogP contribution < -0.4 is 4.72 Å². The van der Waals surface area contributed by atoms with Crippen LogP contribution in [0.3, 0.4) is 0 Å². The van der Waals surface area contributed by atoms with Gasteiger partial charge in [-0.2, -0.15) is 0 Å². The molecule has 0 atom stereocenters. The van der Waals surface area contributed by atoms with Gasteiger partial charge >= 0.3 is 0 Å². The minimum atomic E-state index is -3.72. The Balaban J connectivity index is 1.79. The predicted molar refractivity (Wildman–Crippen MR) is 97.8 cm³/mol. The van der Waals surface area contributed by atoms with Gasteiger partial charge in [0.25, 0.3) is 15.9 Å². The van der Waals surface area contributed by atoms with Gasteiger partial charge in [-0.3, -0.25) is 9.52 Å². The lowest BCUT2D eigenvalue weighted by Crippen LogP contribution is -2.40. The number of carbonyl (C=O) groups is 1. The molecule has 1 aliphatic heterocycles. The average molecular weight is 380 g/mol. The third-order valence-corrected chi connectivity index (χ3v) is 6.68. The molecule has 1 aliphatic rings. The van der Waals surface area contributed by atoms with Gasteiger partial charge in [-0.25, -0.2) is 8.42 Å². The first-order valence-corrected chi connectivity index (χ1v) is 10.3. The number of sulfonamides is 1. The molecule has 6 nitrogen and oxygen atoms in total. The summed E-state index contributed by atoms with van der Waals surface area (Å²) < 4.78 is 33.1. The summed E-state index contributed by atoms with van der Waals surface area (Å²) in [7, 11) is -3.72. The standard InChI is InChI=1S/C17H20N2O4S2/c1-12-7-13(2)9-15(8-12)18-25(21,22)16-10-14(11-24-16)17(20)19-3-5-23-6-4-19/h7-11,18H,3-6H2,1-2H3. The molecule has 1 aromatic carbocycles. The first-order valence-electron chi connectivity index (χ1n) is 7.92. The van der Waals surface area contributed by atoms with Gasteiger partial charge in [0.15, 0.2) is 0 Å². The molecular weight excluding hydrogens is 360 g/mol. The zero-order valence-corrected chi connectivity index (χ0v) is 15.7. The lowest BCUT2D eigenvalue weighted by atomic mass is 10.1. The van der Waals surface area contributed by atoms with Crippen molar-refractivity contribution >= 4 is 33.0 Å². The SMILES string of the molecule is Cc1cc(C)cc(NS(=O)(=O)c2cc(C(=O)N3CCOCC3)cs2)c1. The molecule has 3 rings (SSSR count). The number of benzene rings is 1. The van der Waals surface area contributed by atoms with Crippen molar-refractivity contribution in [3.8, 4) is 0 Å². The van der Waals surface area contributed by atoms with E-state index in [1.165, 1.54) is 6.07 Å². The van der Waals surface area contributed by atoms with Crippen LogP contribution in [0.4, 0.5) is 5.69 Å². The molecule has 0 bridgehead atoms. The van der Waals surface area contributed by atoms with Crippen LogP contribution in [0.5, 0.6) is 0 Å². The Morgan fingerprint density at radius 3 is 2.40 bits per heavy atom. The number of hydrogen-bond acceptors (Lipinski definition) is 5. The quantitative estimate of drug-likeness (QED) is 0.885. The summed E-state index contributed by atoms with van der Waals surface area (Å²) >= 11 is 1.05. The average Bonchev–Trinajstić information content (AvgIpc) is 3.04. The molecule has 2 aromatic rings. The molecule has 1 saturated heterocycles. The van der Waals surface area contributed by atoms with E-state index in [4.69, 9.17) is 4.74 Å². The molecule has 25 heavy (non-hydrogen) atoms. The van der Waals surface area contributed by atoms with Gasteiger partial charge in [0.05, 0.1) is 18.8 Å². The summed E-state index contributed by atoms with van der Waals surface area (Å²) in [6.07, 6.45) is 0. The number of aryl methyl sites for hydroxylation is 2. The highest BCUT2D eigenvalue weighted by Crippen LogP contribution is 2.25. The van der Waals surface area contributed by atoms with Crippen molar-refractivity contribution in [2.24, 2.45) is 0 Å². The summed E-state index contributed by atoms with van der Waals surface area (Å²) in [4.78, 5) is 14.1. The number of morpholine rings is 1. The van der Waals surface area contributed by atoms with E-state index in [9.17, 15) is 13.2 Å². The number of hydrogen-bond donors (Lipinski definition) is 1. The van der Waals surface area contributed by atoms with E-state index < -0.39 is 10.0 Å². The number of anilines is 1. The Hall–Kier alpha value is -1.90. The maximum atomic E-state index is 12.6. The van der Waals surface area contributed by atoms with Crippen molar-refractivity contribution in [1.82, 2.24) is 4.90 Å². The number of ether oxygens (including phenoxy) is 1. The monoisotopic (exact) mass is 380 g/mol. The molecule has 0 aliphatic carbocycles. The van der Waals surface area contributed by atoms with Crippen LogP contribution in [0, 0.1) is 13.8 Å². The summed E-state index contributed by atoms with van der Waals surface area (Å²) in [6.45, 7) is 5.89. The molecule has 1 fully saturated rings. The Morgan fingerprint density at radius 2 is 1.76 bits per heavy atom. The van der Waals surface area contributed by atoms with E-state index in [1.54, 1.807) is 22.4 Å². The molecule has 0 saturated carbocycles. The third kappa shape index (κ3) is 4.20. The Morgan fingerprint density at radius 1 is 1.12 bits per heavy atom. The normalized spacial score (nSPS) is 15.2. The number of amides is 1. The minimum absolute atomic E-state index is 0.128. The van der Waals surface area contributed by atoms with Gasteiger partial charge in [0.2, 0.25) is 0 Å². The summed E-state index contributed by atoms with van der Waals surface area (Å²) in [5.41, 5.74) is 2.87. The fourth-order valence-corrected chi connectivity index (χ4v) is 4.95. The van der Waals surface area contributed by atoms with E-state index in [0.29, 0.717) is 37.6 Å². The molecule has 0 radical (unpaired) electrons. The van der Waals surface area contributed by atoms with Gasteiger partial charge in [-0.1, -0.05) is 6.07 Å². The molecule has 2 heterocycles. The summed E-state index contributed by atoms with van der Waals surface area (Å²) in [5, 5.41) is 1.59. The molecule has 1 aromatic heterocycles. The zero-order valence-electron chi connectivity index (χ0n) is 14.1. The maximum Gasteiger partial charge on any atom is 0.271 e. The molecule has 1 amide bonds. The molecule has 0 spiro atoms. The highest BCUT2D eigenvalue weighted by atomic mass is 32.2. The third-order valence-electron chi connectivity index (χ3n) is 3.86. The van der Waals surface area contributed by atoms with Gasteiger partial charge in [-0.15, -0.1) is 11.3 Å². The van der Waals surface area contributed by atoms with Crippen LogP contribution in [0.1, 0.15) is 21.5 Å². The van der Waals surface area contributed by atoms with Gasteiger partial charge in [-0.05, 0) is 43.2 Å². The first kappa shape index (κ1) is 17.9. The fraction of sp³-hybridized carbons (Fsp3) is 0.353. The van der Waals surface area contributed by atoms with E-state index in [0.717, 1.165) is 22.5 Å². The number of carbonyl (C=O) groups excluding carboxylic acids is 1. The van der Waals surface area contributed by atoms with Gasteiger partial charge < -0.3 is 9.64 Å². The highest BCUT2D eigenvalue weighted by Gasteiger charge is 2.23. The second kappa shape index (κ2) is 7.15. The topological polar surface area (TPSA) is 75.7 Å². The van der Waals surface area contributed by atoms with E-state index in [-0.39, 0.29) is 10.1 Å². The number of thiophene rings is 1.